The topological polar surface area (TPSA) is 60.4 Å². The molecule has 88 valence electrons. The maximum absolute atomic E-state index is 11.6. The molecule has 1 aliphatic rings. The van der Waals surface area contributed by atoms with Gasteiger partial charge in [-0.1, -0.05) is 12.8 Å². The number of esters is 1. The Balaban J connectivity index is 2.82. The normalized spacial score (nSPS) is 20.1. The maximum Gasteiger partial charge on any atom is 0.324 e. The van der Waals surface area contributed by atoms with Crippen LogP contribution in [0.5, 0.6) is 0 Å². The fourth-order valence-electron chi connectivity index (χ4n) is 2.20. The lowest BCUT2D eigenvalue weighted by molar-refractivity contribution is -0.143. The van der Waals surface area contributed by atoms with Crippen LogP contribution in [0.3, 0.4) is 0 Å². The van der Waals surface area contributed by atoms with Gasteiger partial charge in [0.1, 0.15) is 0 Å². The van der Waals surface area contributed by atoms with Crippen LogP contribution in [0.25, 0.3) is 0 Å². The van der Waals surface area contributed by atoms with Crippen molar-refractivity contribution < 1.29 is 17.9 Å². The molecule has 5 heteroatoms. The summed E-state index contributed by atoms with van der Waals surface area (Å²) >= 11 is 0. The fraction of sp³-hybridized carbons (Fsp3) is 0.900. The van der Waals surface area contributed by atoms with E-state index in [1.54, 1.807) is 6.92 Å². The summed E-state index contributed by atoms with van der Waals surface area (Å²) in [5, 5.41) is -0.944. The van der Waals surface area contributed by atoms with Crippen molar-refractivity contribution in [2.45, 2.75) is 37.9 Å². The Morgan fingerprint density at radius 3 is 2.33 bits per heavy atom. The van der Waals surface area contributed by atoms with Crippen LogP contribution in [0.1, 0.15) is 32.6 Å². The van der Waals surface area contributed by atoms with E-state index in [9.17, 15) is 13.2 Å². The molecule has 0 saturated heterocycles. The molecule has 0 aromatic carbocycles. The van der Waals surface area contributed by atoms with Crippen molar-refractivity contribution in [1.82, 2.24) is 0 Å². The summed E-state index contributed by atoms with van der Waals surface area (Å²) in [7, 11) is -3.34. The molecule has 1 saturated carbocycles. The van der Waals surface area contributed by atoms with Gasteiger partial charge in [0.15, 0.2) is 15.1 Å². The van der Waals surface area contributed by atoms with Gasteiger partial charge >= 0.3 is 5.97 Å². The Morgan fingerprint density at radius 1 is 1.40 bits per heavy atom. The molecule has 0 heterocycles. The highest BCUT2D eigenvalue weighted by Crippen LogP contribution is 2.31. The first-order valence-corrected chi connectivity index (χ1v) is 7.27. The Morgan fingerprint density at radius 2 is 1.93 bits per heavy atom. The Bertz CT molecular complexity index is 314. The molecule has 0 bridgehead atoms. The number of ether oxygens (including phenoxy) is 1. The van der Waals surface area contributed by atoms with E-state index in [0.717, 1.165) is 31.9 Å². The zero-order valence-electron chi connectivity index (χ0n) is 9.23. The minimum Gasteiger partial charge on any atom is -0.465 e. The first-order valence-electron chi connectivity index (χ1n) is 5.32. The van der Waals surface area contributed by atoms with Crippen LogP contribution in [0, 0.1) is 5.92 Å². The first kappa shape index (κ1) is 12.5. The molecule has 15 heavy (non-hydrogen) atoms. The second-order valence-corrected chi connectivity index (χ2v) is 6.21. The Labute approximate surface area is 90.9 Å². The highest BCUT2D eigenvalue weighted by atomic mass is 32.2. The Hall–Kier alpha value is -0.580. The van der Waals surface area contributed by atoms with E-state index in [-0.39, 0.29) is 12.5 Å². The molecule has 0 aromatic heterocycles. The fourth-order valence-corrected chi connectivity index (χ4v) is 3.59. The molecule has 1 aliphatic carbocycles. The van der Waals surface area contributed by atoms with E-state index in [1.165, 1.54) is 0 Å². The minimum absolute atomic E-state index is 0.0425. The van der Waals surface area contributed by atoms with E-state index in [2.05, 4.69) is 0 Å². The van der Waals surface area contributed by atoms with Gasteiger partial charge in [-0.3, -0.25) is 4.79 Å². The summed E-state index contributed by atoms with van der Waals surface area (Å²) < 4.78 is 27.9. The highest BCUT2D eigenvalue weighted by molar-refractivity contribution is 7.92. The lowest BCUT2D eigenvalue weighted by atomic mass is 10.0. The van der Waals surface area contributed by atoms with Gasteiger partial charge in [-0.05, 0) is 25.7 Å². The van der Waals surface area contributed by atoms with Crippen molar-refractivity contribution in [1.29, 1.82) is 0 Å². The summed E-state index contributed by atoms with van der Waals surface area (Å²) in [6.07, 6.45) is 4.77. The van der Waals surface area contributed by atoms with Crippen molar-refractivity contribution in [2.24, 2.45) is 5.92 Å². The van der Waals surface area contributed by atoms with Crippen molar-refractivity contribution >= 4 is 15.8 Å². The van der Waals surface area contributed by atoms with Crippen LogP contribution in [-0.2, 0) is 19.4 Å². The van der Waals surface area contributed by atoms with Gasteiger partial charge in [0.2, 0.25) is 0 Å². The maximum atomic E-state index is 11.6. The molecule has 0 amide bonds. The lowest BCUT2D eigenvalue weighted by Crippen LogP contribution is -2.37. The first-order chi connectivity index (χ1) is 6.96. The van der Waals surface area contributed by atoms with Crippen molar-refractivity contribution in [2.75, 3.05) is 12.9 Å². The van der Waals surface area contributed by atoms with Gasteiger partial charge in [0.25, 0.3) is 0 Å². The average molecular weight is 234 g/mol. The third-order valence-corrected chi connectivity index (χ3v) is 4.31. The number of carbonyl (C=O) groups is 1. The zero-order valence-corrected chi connectivity index (χ0v) is 10.0. The molecule has 1 atom stereocenters. The van der Waals surface area contributed by atoms with Crippen LogP contribution in [-0.4, -0.2) is 32.5 Å². The molecule has 0 N–H and O–H groups in total. The third-order valence-electron chi connectivity index (χ3n) is 2.81. The predicted molar refractivity (Wildman–Crippen MR) is 57.2 cm³/mol. The third kappa shape index (κ3) is 3.19. The van der Waals surface area contributed by atoms with Gasteiger partial charge in [-0.15, -0.1) is 0 Å². The average Bonchev–Trinajstić information content (AvgIpc) is 2.55. The van der Waals surface area contributed by atoms with Crippen molar-refractivity contribution in [3.63, 3.8) is 0 Å². The van der Waals surface area contributed by atoms with E-state index in [0.29, 0.717) is 0 Å². The van der Waals surface area contributed by atoms with Crippen LogP contribution >= 0.6 is 0 Å². The number of hydrogen-bond acceptors (Lipinski definition) is 4. The van der Waals surface area contributed by atoms with Crippen molar-refractivity contribution in [3.8, 4) is 0 Å². The van der Waals surface area contributed by atoms with Gasteiger partial charge in [0.05, 0.1) is 6.61 Å². The number of hydrogen-bond donors (Lipinski definition) is 0. The monoisotopic (exact) mass is 234 g/mol. The molecular formula is C10H18O4S. The summed E-state index contributed by atoms with van der Waals surface area (Å²) in [6.45, 7) is 1.92. The standard InChI is InChI=1S/C10H18O4S/c1-3-14-10(11)9(15(2,12)13)8-6-4-5-7-8/h8-9H,3-7H2,1-2H3. The highest BCUT2D eigenvalue weighted by Gasteiger charge is 2.39. The molecule has 1 rings (SSSR count). The van der Waals surface area contributed by atoms with Crippen LogP contribution in [0.2, 0.25) is 0 Å². The zero-order chi connectivity index (χ0) is 11.5. The quantitative estimate of drug-likeness (QED) is 0.685. The van der Waals surface area contributed by atoms with Gasteiger partial charge in [-0.2, -0.15) is 0 Å². The second kappa shape index (κ2) is 4.96. The summed E-state index contributed by atoms with van der Waals surface area (Å²) in [4.78, 5) is 11.6. The number of rotatable bonds is 4. The van der Waals surface area contributed by atoms with Gasteiger partial charge < -0.3 is 4.74 Å². The molecule has 1 unspecified atom stereocenters. The molecule has 0 spiro atoms. The number of carbonyl (C=O) groups excluding carboxylic acids is 1. The molecular weight excluding hydrogens is 216 g/mol. The van der Waals surface area contributed by atoms with Gasteiger partial charge in [0, 0.05) is 6.26 Å². The predicted octanol–water partition coefficient (Wildman–Crippen LogP) is 1.15. The SMILES string of the molecule is CCOC(=O)C(C1CCCC1)S(C)(=O)=O. The van der Waals surface area contributed by atoms with Crippen LogP contribution < -0.4 is 0 Å². The lowest BCUT2D eigenvalue weighted by Gasteiger charge is -2.19. The largest absolute Gasteiger partial charge is 0.465 e. The van der Waals surface area contributed by atoms with Gasteiger partial charge in [-0.25, -0.2) is 8.42 Å². The second-order valence-electron chi connectivity index (χ2n) is 4.05. The van der Waals surface area contributed by atoms with E-state index in [4.69, 9.17) is 4.74 Å². The summed E-state index contributed by atoms with van der Waals surface area (Å²) in [6, 6.07) is 0. The van der Waals surface area contributed by atoms with Crippen LogP contribution in [0.4, 0.5) is 0 Å². The molecule has 0 aromatic rings. The summed E-state index contributed by atoms with van der Waals surface area (Å²) in [5.74, 6) is -0.619. The molecule has 4 nitrogen and oxygen atoms in total. The number of sulfone groups is 1. The van der Waals surface area contributed by atoms with E-state index >= 15 is 0 Å². The Kier molecular flexibility index (Phi) is 4.13. The van der Waals surface area contributed by atoms with E-state index < -0.39 is 21.1 Å². The van der Waals surface area contributed by atoms with E-state index in [1.807, 2.05) is 0 Å². The molecule has 0 aliphatic heterocycles. The molecule has 1 fully saturated rings. The van der Waals surface area contributed by atoms with Crippen LogP contribution in [0.15, 0.2) is 0 Å². The summed E-state index contributed by atoms with van der Waals surface area (Å²) in [5.41, 5.74) is 0. The minimum atomic E-state index is -3.34. The van der Waals surface area contributed by atoms with Crippen molar-refractivity contribution in [3.05, 3.63) is 0 Å². The smallest absolute Gasteiger partial charge is 0.324 e. The molecule has 0 radical (unpaired) electrons.